The number of ether oxygens (including phenoxy) is 1. The number of rotatable bonds is 5. The van der Waals surface area contributed by atoms with E-state index >= 15 is 0 Å². The van der Waals surface area contributed by atoms with Crippen LogP contribution >= 0.6 is 11.6 Å². The highest BCUT2D eigenvalue weighted by molar-refractivity contribution is 6.30. The Kier molecular flexibility index (Phi) is 6.00. The van der Waals surface area contributed by atoms with Gasteiger partial charge in [0.25, 0.3) is 0 Å². The van der Waals surface area contributed by atoms with Gasteiger partial charge in [-0.3, -0.25) is 0 Å². The van der Waals surface area contributed by atoms with E-state index in [2.05, 4.69) is 17.3 Å². The van der Waals surface area contributed by atoms with Gasteiger partial charge in [-0.25, -0.2) is 9.78 Å². The molecule has 0 atom stereocenters. The Balaban J connectivity index is 1.80. The van der Waals surface area contributed by atoms with E-state index in [9.17, 15) is 4.79 Å². The van der Waals surface area contributed by atoms with Gasteiger partial charge in [-0.05, 0) is 48.4 Å². The van der Waals surface area contributed by atoms with Crippen molar-refractivity contribution in [2.24, 2.45) is 0 Å². The molecule has 0 saturated heterocycles. The smallest absolute Gasteiger partial charge is 0.348 e. The lowest BCUT2D eigenvalue weighted by atomic mass is 10.0. The summed E-state index contributed by atoms with van der Waals surface area (Å²) in [6.07, 6.45) is 0.802. The molecule has 0 radical (unpaired) electrons. The average Bonchev–Trinajstić information content (AvgIpc) is 3.26. The summed E-state index contributed by atoms with van der Waals surface area (Å²) in [5.74, 6) is 1.60. The number of benzene rings is 3. The molecule has 6 nitrogen and oxygen atoms in total. The summed E-state index contributed by atoms with van der Waals surface area (Å²) in [5.41, 5.74) is 3.31. The number of nitrogens with zero attached hydrogens (tertiary/aromatic N) is 3. The number of aryl methyl sites for hydroxylation is 1. The van der Waals surface area contributed by atoms with Gasteiger partial charge in [-0.2, -0.15) is 4.68 Å². The summed E-state index contributed by atoms with van der Waals surface area (Å²) in [6, 6.07) is 21.8. The Morgan fingerprint density at radius 2 is 1.84 bits per heavy atom. The van der Waals surface area contributed by atoms with E-state index in [0.717, 1.165) is 23.1 Å². The van der Waals surface area contributed by atoms with Crippen molar-refractivity contribution in [3.8, 4) is 28.5 Å². The van der Waals surface area contributed by atoms with Crippen LogP contribution in [0.1, 0.15) is 12.5 Å². The Bertz CT molecular complexity index is 1220. The van der Waals surface area contributed by atoms with E-state index in [0.29, 0.717) is 28.1 Å². The maximum absolute atomic E-state index is 13.2. The molecule has 4 aromatic rings. The number of aromatic nitrogens is 3. The van der Waals surface area contributed by atoms with Crippen molar-refractivity contribution >= 4 is 23.3 Å². The number of carbonyl (C=O) groups is 1. The Hall–Kier alpha value is -3.64. The van der Waals surface area contributed by atoms with Gasteiger partial charge in [0.1, 0.15) is 5.75 Å². The minimum atomic E-state index is -0.412. The highest BCUT2D eigenvalue weighted by Crippen LogP contribution is 2.27. The van der Waals surface area contributed by atoms with Crippen molar-refractivity contribution in [3.05, 3.63) is 83.4 Å². The molecule has 0 spiro atoms. The Labute approximate surface area is 185 Å². The fraction of sp³-hybridized carbons (Fsp3) is 0.125. The summed E-state index contributed by atoms with van der Waals surface area (Å²) in [4.78, 5) is 17.9. The molecule has 1 aromatic heterocycles. The molecule has 0 unspecified atom stereocenters. The molecule has 4 rings (SSSR count). The number of methoxy groups -OCH3 is 1. The second kappa shape index (κ2) is 9.02. The third kappa shape index (κ3) is 4.44. The summed E-state index contributed by atoms with van der Waals surface area (Å²) in [7, 11) is 1.60. The monoisotopic (exact) mass is 432 g/mol. The molecule has 3 aromatic carbocycles. The van der Waals surface area contributed by atoms with Crippen LogP contribution in [0.2, 0.25) is 5.02 Å². The zero-order valence-electron chi connectivity index (χ0n) is 17.2. The lowest BCUT2D eigenvalue weighted by Crippen LogP contribution is -2.22. The molecule has 1 N–H and O–H groups in total. The third-order valence-electron chi connectivity index (χ3n) is 4.86. The number of carbonyl (C=O) groups excluding carboxylic acids is 1. The molecule has 0 aliphatic heterocycles. The van der Waals surface area contributed by atoms with Crippen molar-refractivity contribution in [3.63, 3.8) is 0 Å². The van der Waals surface area contributed by atoms with Gasteiger partial charge in [0.05, 0.1) is 7.11 Å². The molecule has 31 heavy (non-hydrogen) atoms. The third-order valence-corrected chi connectivity index (χ3v) is 5.11. The first kappa shape index (κ1) is 20.6. The number of anilines is 1. The van der Waals surface area contributed by atoms with Crippen LogP contribution in [0.3, 0.4) is 0 Å². The van der Waals surface area contributed by atoms with E-state index in [1.807, 2.05) is 48.5 Å². The van der Waals surface area contributed by atoms with Gasteiger partial charge in [0.2, 0.25) is 0 Å². The molecule has 1 heterocycles. The molecule has 156 valence electrons. The Morgan fingerprint density at radius 3 is 2.58 bits per heavy atom. The van der Waals surface area contributed by atoms with Crippen LogP contribution in [0.5, 0.6) is 5.75 Å². The highest BCUT2D eigenvalue weighted by atomic mass is 35.5. The van der Waals surface area contributed by atoms with Crippen LogP contribution < -0.4 is 10.1 Å². The zero-order chi connectivity index (χ0) is 21.8. The molecule has 0 aliphatic rings. The summed E-state index contributed by atoms with van der Waals surface area (Å²) in [6.45, 7) is 2.07. The average molecular weight is 433 g/mol. The van der Waals surface area contributed by atoms with E-state index < -0.39 is 6.03 Å². The van der Waals surface area contributed by atoms with Gasteiger partial charge >= 0.3 is 6.03 Å². The quantitative estimate of drug-likeness (QED) is 0.425. The van der Waals surface area contributed by atoms with E-state index in [4.69, 9.17) is 21.3 Å². The lowest BCUT2D eigenvalue weighted by Gasteiger charge is -2.09. The van der Waals surface area contributed by atoms with Crippen molar-refractivity contribution in [2.75, 3.05) is 12.4 Å². The summed E-state index contributed by atoms with van der Waals surface area (Å²) >= 11 is 5.95. The number of hydrogen-bond acceptors (Lipinski definition) is 4. The van der Waals surface area contributed by atoms with Gasteiger partial charge in [-0.1, -0.05) is 54.9 Å². The van der Waals surface area contributed by atoms with Crippen LogP contribution in [0.15, 0.2) is 72.8 Å². The maximum atomic E-state index is 13.2. The molecule has 0 bridgehead atoms. The fourth-order valence-corrected chi connectivity index (χ4v) is 3.39. The van der Waals surface area contributed by atoms with Crippen molar-refractivity contribution in [2.45, 2.75) is 13.3 Å². The van der Waals surface area contributed by atoms with E-state index in [1.165, 1.54) is 4.68 Å². The molecule has 0 saturated carbocycles. The van der Waals surface area contributed by atoms with Crippen molar-refractivity contribution in [1.29, 1.82) is 0 Å². The topological polar surface area (TPSA) is 69.0 Å². The van der Waals surface area contributed by atoms with Gasteiger partial charge < -0.3 is 10.1 Å². The molecular formula is C24H21ClN4O2. The standard InChI is InChI=1S/C24H21ClN4O2/c1-3-16-7-4-5-10-21(16)23-27-22(17-8-6-9-20(15-17)31-2)28-29(23)24(30)26-19-13-11-18(25)12-14-19/h4-15H,3H2,1-2H3,(H,26,30). The minimum Gasteiger partial charge on any atom is -0.497 e. The number of amides is 1. The molecule has 0 fully saturated rings. The number of nitrogens with one attached hydrogen (secondary N) is 1. The predicted molar refractivity (Wildman–Crippen MR) is 123 cm³/mol. The lowest BCUT2D eigenvalue weighted by molar-refractivity contribution is 0.251. The first-order valence-corrected chi connectivity index (χ1v) is 10.2. The first-order chi connectivity index (χ1) is 15.1. The largest absolute Gasteiger partial charge is 0.497 e. The maximum Gasteiger partial charge on any atom is 0.348 e. The van der Waals surface area contributed by atoms with Gasteiger partial charge in [0, 0.05) is 21.8 Å². The normalized spacial score (nSPS) is 10.7. The first-order valence-electron chi connectivity index (χ1n) is 9.85. The molecule has 0 aliphatic carbocycles. The highest BCUT2D eigenvalue weighted by Gasteiger charge is 2.20. The van der Waals surface area contributed by atoms with Crippen LogP contribution in [-0.4, -0.2) is 27.9 Å². The molecule has 7 heteroatoms. The van der Waals surface area contributed by atoms with Gasteiger partial charge in [-0.15, -0.1) is 5.10 Å². The Morgan fingerprint density at radius 1 is 1.06 bits per heavy atom. The second-order valence-corrected chi connectivity index (χ2v) is 7.29. The van der Waals surface area contributed by atoms with Crippen molar-refractivity contribution in [1.82, 2.24) is 14.8 Å². The minimum absolute atomic E-state index is 0.412. The number of hydrogen-bond donors (Lipinski definition) is 1. The second-order valence-electron chi connectivity index (χ2n) is 6.85. The zero-order valence-corrected chi connectivity index (χ0v) is 17.9. The van der Waals surface area contributed by atoms with E-state index in [1.54, 1.807) is 31.4 Å². The van der Waals surface area contributed by atoms with Crippen LogP contribution in [0, 0.1) is 0 Å². The van der Waals surface area contributed by atoms with Crippen LogP contribution in [-0.2, 0) is 6.42 Å². The molecular weight excluding hydrogens is 412 g/mol. The van der Waals surface area contributed by atoms with Crippen LogP contribution in [0.4, 0.5) is 10.5 Å². The SMILES string of the molecule is CCc1ccccc1-c1nc(-c2cccc(OC)c2)nn1C(=O)Nc1ccc(Cl)cc1. The van der Waals surface area contributed by atoms with Crippen molar-refractivity contribution < 1.29 is 9.53 Å². The fourth-order valence-electron chi connectivity index (χ4n) is 3.27. The summed E-state index contributed by atoms with van der Waals surface area (Å²) in [5, 5.41) is 7.99. The predicted octanol–water partition coefficient (Wildman–Crippen LogP) is 5.92. The summed E-state index contributed by atoms with van der Waals surface area (Å²) < 4.78 is 6.62. The number of halogens is 1. The molecule has 1 amide bonds. The van der Waals surface area contributed by atoms with Gasteiger partial charge in [0.15, 0.2) is 11.6 Å². The van der Waals surface area contributed by atoms with E-state index in [-0.39, 0.29) is 0 Å². The van der Waals surface area contributed by atoms with Crippen LogP contribution in [0.25, 0.3) is 22.8 Å².